The number of hydrogen-bond donors (Lipinski definition) is 2. The molecule has 2 fully saturated rings. The van der Waals surface area contributed by atoms with Gasteiger partial charge < -0.3 is 11.1 Å². The summed E-state index contributed by atoms with van der Waals surface area (Å²) in [6.45, 7) is 14.1. The average molecular weight is 365 g/mol. The minimum absolute atomic E-state index is 0.0345. The molecular weight excluding hydrogens is 328 g/mol. The van der Waals surface area contributed by atoms with E-state index in [1.807, 2.05) is 6.07 Å². The second-order valence-electron chi connectivity index (χ2n) is 10.6. The van der Waals surface area contributed by atoms with Gasteiger partial charge in [-0.05, 0) is 105 Å². The Morgan fingerprint density at radius 2 is 1.81 bits per heavy atom. The van der Waals surface area contributed by atoms with E-state index in [4.69, 9.17) is 5.73 Å². The maximum atomic E-state index is 6.07. The molecule has 0 aromatic heterocycles. The number of anilines is 1. The lowest BCUT2D eigenvalue weighted by atomic mass is 9.54. The number of rotatable bonds is 2. The molecule has 0 radical (unpaired) electrons. The standard InChI is InChI=1S/C25H36N2/c1-16-8-19-9-17(2)13-25(12-16,14-19)18(3)10-23-22-7-6-21(26)11-20(22)15-24(4,5)27-23/h6-7,10-11,16-17,19,27H,3,8-9,12-15,26H2,1-2,4-5H3/b23-10-. The quantitative estimate of drug-likeness (QED) is 0.637. The number of hydrogen-bond acceptors (Lipinski definition) is 2. The van der Waals surface area contributed by atoms with Crippen molar-refractivity contribution in [1.29, 1.82) is 0 Å². The van der Waals surface area contributed by atoms with Crippen molar-refractivity contribution in [2.45, 2.75) is 71.8 Å². The molecule has 3 aliphatic rings. The predicted molar refractivity (Wildman–Crippen MR) is 116 cm³/mol. The Morgan fingerprint density at radius 3 is 2.48 bits per heavy atom. The zero-order valence-corrected chi connectivity index (χ0v) is 17.6. The van der Waals surface area contributed by atoms with Gasteiger partial charge in [0.15, 0.2) is 0 Å². The molecule has 0 amide bonds. The normalized spacial score (nSPS) is 36.0. The number of fused-ring (bicyclic) bond motifs is 3. The van der Waals surface area contributed by atoms with E-state index in [1.165, 1.54) is 54.5 Å². The lowest BCUT2D eigenvalue weighted by molar-refractivity contribution is 0.0495. The van der Waals surface area contributed by atoms with Crippen LogP contribution in [0, 0.1) is 23.2 Å². The van der Waals surface area contributed by atoms with Crippen LogP contribution in [-0.4, -0.2) is 5.54 Å². The van der Waals surface area contributed by atoms with Gasteiger partial charge in [0.05, 0.1) is 0 Å². The van der Waals surface area contributed by atoms with Crippen LogP contribution in [0.2, 0.25) is 0 Å². The van der Waals surface area contributed by atoms with Crippen LogP contribution >= 0.6 is 0 Å². The van der Waals surface area contributed by atoms with Gasteiger partial charge in [-0.1, -0.05) is 26.5 Å². The molecule has 4 rings (SSSR count). The lowest BCUT2D eigenvalue weighted by Crippen LogP contribution is -2.44. The third-order valence-electron chi connectivity index (χ3n) is 7.15. The number of nitrogens with two attached hydrogens (primary N) is 1. The molecule has 2 aliphatic carbocycles. The number of nitrogen functional groups attached to an aromatic ring is 1. The van der Waals surface area contributed by atoms with Gasteiger partial charge in [-0.25, -0.2) is 0 Å². The second-order valence-corrected chi connectivity index (χ2v) is 10.6. The number of allylic oxidation sites excluding steroid dienone is 2. The van der Waals surface area contributed by atoms with Gasteiger partial charge in [0, 0.05) is 22.5 Å². The molecular formula is C25H36N2. The highest BCUT2D eigenvalue weighted by Gasteiger charge is 2.45. The first kappa shape index (κ1) is 18.7. The third kappa shape index (κ3) is 3.56. The van der Waals surface area contributed by atoms with Crippen LogP contribution in [-0.2, 0) is 6.42 Å². The van der Waals surface area contributed by atoms with Crippen molar-refractivity contribution in [1.82, 2.24) is 5.32 Å². The van der Waals surface area contributed by atoms with Crippen LogP contribution in [0.25, 0.3) is 5.70 Å². The molecule has 0 spiro atoms. The summed E-state index contributed by atoms with van der Waals surface area (Å²) in [5.41, 5.74) is 12.5. The summed E-state index contributed by atoms with van der Waals surface area (Å²) in [5, 5.41) is 3.79. The Morgan fingerprint density at radius 1 is 1.15 bits per heavy atom. The minimum atomic E-state index is 0.0345. The van der Waals surface area contributed by atoms with E-state index in [-0.39, 0.29) is 5.54 Å². The maximum Gasteiger partial charge on any atom is 0.0423 e. The zero-order valence-electron chi connectivity index (χ0n) is 17.6. The Labute approximate surface area is 165 Å². The van der Waals surface area contributed by atoms with Crippen molar-refractivity contribution in [3.8, 4) is 0 Å². The van der Waals surface area contributed by atoms with Crippen LogP contribution in [0.5, 0.6) is 0 Å². The van der Waals surface area contributed by atoms with Crippen LogP contribution in [0.1, 0.15) is 70.9 Å². The molecule has 0 saturated heterocycles. The smallest absolute Gasteiger partial charge is 0.0423 e. The summed E-state index contributed by atoms with van der Waals surface area (Å²) in [4.78, 5) is 0. The van der Waals surface area contributed by atoms with Crippen molar-refractivity contribution < 1.29 is 0 Å². The molecule has 2 saturated carbocycles. The molecule has 2 nitrogen and oxygen atoms in total. The summed E-state index contributed by atoms with van der Waals surface area (Å²) in [6, 6.07) is 6.35. The first-order valence-corrected chi connectivity index (χ1v) is 10.7. The van der Waals surface area contributed by atoms with Crippen LogP contribution in [0.4, 0.5) is 5.69 Å². The highest BCUT2D eigenvalue weighted by atomic mass is 15.0. The molecule has 2 unspecified atom stereocenters. The van der Waals surface area contributed by atoms with Crippen LogP contribution < -0.4 is 11.1 Å². The van der Waals surface area contributed by atoms with Gasteiger partial charge in [-0.2, -0.15) is 0 Å². The van der Waals surface area contributed by atoms with Crippen molar-refractivity contribution in [3.05, 3.63) is 47.6 Å². The van der Waals surface area contributed by atoms with Crippen molar-refractivity contribution >= 4 is 11.4 Å². The molecule has 1 aliphatic heterocycles. The molecule has 1 aromatic carbocycles. The Kier molecular flexibility index (Phi) is 4.44. The van der Waals surface area contributed by atoms with E-state index < -0.39 is 0 Å². The van der Waals surface area contributed by atoms with E-state index in [2.05, 4.69) is 57.8 Å². The molecule has 3 N–H and O–H groups in total. The third-order valence-corrected chi connectivity index (χ3v) is 7.15. The zero-order chi connectivity index (χ0) is 19.4. The largest absolute Gasteiger partial charge is 0.399 e. The van der Waals surface area contributed by atoms with Gasteiger partial charge in [0.25, 0.3) is 0 Å². The fourth-order valence-electron chi connectivity index (χ4n) is 6.51. The highest BCUT2D eigenvalue weighted by Crippen LogP contribution is 2.56. The van der Waals surface area contributed by atoms with Gasteiger partial charge in [-0.15, -0.1) is 0 Å². The van der Waals surface area contributed by atoms with E-state index >= 15 is 0 Å². The number of benzene rings is 1. The monoisotopic (exact) mass is 364 g/mol. The SMILES string of the molecule is C=C(/C=C1\NC(C)(C)Cc2cc(N)ccc21)C12CC(C)CC(CC(C)C1)C2. The predicted octanol–water partition coefficient (Wildman–Crippen LogP) is 5.94. The van der Waals surface area contributed by atoms with E-state index in [0.717, 1.165) is 29.9 Å². The molecule has 2 bridgehead atoms. The highest BCUT2D eigenvalue weighted by molar-refractivity contribution is 5.73. The summed E-state index contributed by atoms with van der Waals surface area (Å²) >= 11 is 0. The Balaban J connectivity index is 1.71. The average Bonchev–Trinajstić information content (AvgIpc) is 2.51. The van der Waals surface area contributed by atoms with Gasteiger partial charge in [-0.3, -0.25) is 0 Å². The molecule has 2 atom stereocenters. The fraction of sp³-hybridized carbons (Fsp3) is 0.600. The summed E-state index contributed by atoms with van der Waals surface area (Å²) in [6.07, 6.45) is 10.1. The van der Waals surface area contributed by atoms with Crippen molar-refractivity contribution in [2.75, 3.05) is 5.73 Å². The first-order chi connectivity index (χ1) is 12.7. The van der Waals surface area contributed by atoms with Gasteiger partial charge in [0.1, 0.15) is 0 Å². The summed E-state index contributed by atoms with van der Waals surface area (Å²) < 4.78 is 0. The Bertz CT molecular complexity index is 766. The topological polar surface area (TPSA) is 38.0 Å². The van der Waals surface area contributed by atoms with Crippen LogP contribution in [0.3, 0.4) is 0 Å². The minimum Gasteiger partial charge on any atom is -0.399 e. The van der Waals surface area contributed by atoms with Crippen LogP contribution in [0.15, 0.2) is 36.4 Å². The van der Waals surface area contributed by atoms with E-state index in [0.29, 0.717) is 5.41 Å². The molecule has 1 heterocycles. The first-order valence-electron chi connectivity index (χ1n) is 10.7. The second kappa shape index (κ2) is 6.43. The molecule has 146 valence electrons. The van der Waals surface area contributed by atoms with Gasteiger partial charge in [0.2, 0.25) is 0 Å². The summed E-state index contributed by atoms with van der Waals surface area (Å²) in [5.74, 6) is 2.51. The summed E-state index contributed by atoms with van der Waals surface area (Å²) in [7, 11) is 0. The lowest BCUT2D eigenvalue weighted by Gasteiger charge is -2.51. The van der Waals surface area contributed by atoms with E-state index in [1.54, 1.807) is 0 Å². The van der Waals surface area contributed by atoms with Gasteiger partial charge >= 0.3 is 0 Å². The molecule has 27 heavy (non-hydrogen) atoms. The number of nitrogens with one attached hydrogen (secondary N) is 1. The van der Waals surface area contributed by atoms with Crippen molar-refractivity contribution in [3.63, 3.8) is 0 Å². The fourth-order valence-corrected chi connectivity index (χ4v) is 6.51. The van der Waals surface area contributed by atoms with E-state index in [9.17, 15) is 0 Å². The Hall–Kier alpha value is -1.70. The maximum absolute atomic E-state index is 6.07. The molecule has 2 heteroatoms. The molecule has 1 aromatic rings. The van der Waals surface area contributed by atoms with Crippen molar-refractivity contribution in [2.24, 2.45) is 23.2 Å².